The molecule has 4 nitrogen and oxygen atoms in total. The number of fused-ring (bicyclic) bond motifs is 1. The number of phenols is 1. The highest BCUT2D eigenvalue weighted by atomic mass is 35.5. The van der Waals surface area contributed by atoms with Crippen molar-refractivity contribution in [1.29, 1.82) is 0 Å². The largest absolute Gasteiger partial charge is 0.507 e. The van der Waals surface area contributed by atoms with Crippen LogP contribution in [0.3, 0.4) is 0 Å². The van der Waals surface area contributed by atoms with Gasteiger partial charge < -0.3 is 5.11 Å². The zero-order valence-electron chi connectivity index (χ0n) is 6.73. The fraction of sp³-hybridized carbons (Fsp3) is 0. The fourth-order valence-corrected chi connectivity index (χ4v) is 2.47. The minimum Gasteiger partial charge on any atom is -0.507 e. The third kappa shape index (κ3) is 1.30. The Morgan fingerprint density at radius 2 is 2.21 bits per heavy atom. The molecule has 0 aliphatic rings. The van der Waals surface area contributed by atoms with Gasteiger partial charge in [-0.3, -0.25) is 10.1 Å². The van der Waals surface area contributed by atoms with E-state index in [2.05, 4.69) is 0 Å². The van der Waals surface area contributed by atoms with Crippen molar-refractivity contribution in [1.82, 2.24) is 0 Å². The molecule has 0 radical (unpaired) electrons. The predicted octanol–water partition coefficient (Wildman–Crippen LogP) is 3.17. The zero-order valence-corrected chi connectivity index (χ0v) is 8.30. The smallest absolute Gasteiger partial charge is 0.291 e. The summed E-state index contributed by atoms with van der Waals surface area (Å²) in [6.45, 7) is 0. The number of hydrogen-bond acceptors (Lipinski definition) is 4. The topological polar surface area (TPSA) is 63.4 Å². The van der Waals surface area contributed by atoms with Crippen LogP contribution in [0.1, 0.15) is 0 Å². The van der Waals surface area contributed by atoms with Crippen molar-refractivity contribution in [2.75, 3.05) is 0 Å². The molecule has 72 valence electrons. The molecular formula is C8H4ClNO3S. The second-order valence-electron chi connectivity index (χ2n) is 2.68. The number of nitrogens with zero attached hydrogens (tertiary/aromatic N) is 1. The summed E-state index contributed by atoms with van der Waals surface area (Å²) in [4.78, 5) is 10.1. The van der Waals surface area contributed by atoms with E-state index in [1.54, 1.807) is 6.07 Å². The predicted molar refractivity (Wildman–Crippen MR) is 55.2 cm³/mol. The van der Waals surface area contributed by atoms with E-state index in [9.17, 15) is 15.2 Å². The Bertz CT molecular complexity index is 523. The number of hydrogen-bond donors (Lipinski definition) is 1. The lowest BCUT2D eigenvalue weighted by atomic mass is 10.2. The van der Waals surface area contributed by atoms with Gasteiger partial charge in [-0.2, -0.15) is 0 Å². The van der Waals surface area contributed by atoms with Crippen LogP contribution >= 0.6 is 22.9 Å². The summed E-state index contributed by atoms with van der Waals surface area (Å²) in [6, 6.07) is 2.89. The van der Waals surface area contributed by atoms with Gasteiger partial charge in [0.1, 0.15) is 11.1 Å². The van der Waals surface area contributed by atoms with Crippen molar-refractivity contribution in [3.8, 4) is 5.75 Å². The lowest BCUT2D eigenvalue weighted by Crippen LogP contribution is -1.85. The number of thiophene rings is 1. The van der Waals surface area contributed by atoms with Crippen LogP contribution in [0, 0.1) is 10.1 Å². The fourth-order valence-electron chi connectivity index (χ4n) is 1.23. The van der Waals surface area contributed by atoms with Gasteiger partial charge in [0, 0.05) is 9.72 Å². The molecule has 14 heavy (non-hydrogen) atoms. The first-order valence-corrected chi connectivity index (χ1v) is 4.89. The normalized spacial score (nSPS) is 10.6. The van der Waals surface area contributed by atoms with Gasteiger partial charge in [0.2, 0.25) is 0 Å². The Hall–Kier alpha value is -1.33. The van der Waals surface area contributed by atoms with E-state index in [1.807, 2.05) is 0 Å². The number of nitro groups is 1. The van der Waals surface area contributed by atoms with Crippen molar-refractivity contribution in [3.63, 3.8) is 0 Å². The minimum absolute atomic E-state index is 0.0841. The molecule has 2 aromatic rings. The van der Waals surface area contributed by atoms with Crippen molar-refractivity contribution in [3.05, 3.63) is 32.6 Å². The first-order chi connectivity index (χ1) is 6.59. The highest BCUT2D eigenvalue weighted by Gasteiger charge is 2.18. The molecule has 0 amide bonds. The lowest BCUT2D eigenvalue weighted by molar-refractivity contribution is -0.382. The number of halogens is 1. The van der Waals surface area contributed by atoms with Crippen LogP contribution in [-0.4, -0.2) is 10.0 Å². The van der Waals surface area contributed by atoms with Gasteiger partial charge >= 0.3 is 0 Å². The van der Waals surface area contributed by atoms with E-state index in [-0.39, 0.29) is 16.8 Å². The maximum Gasteiger partial charge on any atom is 0.291 e. The zero-order chi connectivity index (χ0) is 10.3. The van der Waals surface area contributed by atoms with Crippen molar-refractivity contribution in [2.45, 2.75) is 0 Å². The molecule has 6 heteroatoms. The molecule has 0 saturated heterocycles. The van der Waals surface area contributed by atoms with Gasteiger partial charge in [-0.1, -0.05) is 11.6 Å². The van der Waals surface area contributed by atoms with Gasteiger partial charge in [-0.25, -0.2) is 0 Å². The molecule has 0 unspecified atom stereocenters. The Morgan fingerprint density at radius 1 is 1.50 bits per heavy atom. The molecular weight excluding hydrogens is 226 g/mol. The molecule has 1 heterocycles. The average molecular weight is 230 g/mol. The molecule has 1 aromatic carbocycles. The number of phenolic OH excluding ortho intramolecular Hbond substituents is 1. The van der Waals surface area contributed by atoms with Gasteiger partial charge in [0.15, 0.2) is 0 Å². The van der Waals surface area contributed by atoms with Crippen LogP contribution in [0.25, 0.3) is 10.1 Å². The first kappa shape index (κ1) is 9.23. The highest BCUT2D eigenvalue weighted by molar-refractivity contribution is 7.17. The molecule has 0 saturated carbocycles. The van der Waals surface area contributed by atoms with E-state index in [0.717, 1.165) is 0 Å². The molecule has 1 aromatic heterocycles. The summed E-state index contributed by atoms with van der Waals surface area (Å²) in [5.74, 6) is -0.152. The molecule has 0 aliphatic heterocycles. The van der Waals surface area contributed by atoms with Gasteiger partial charge in [0.25, 0.3) is 5.69 Å². The Morgan fingerprint density at radius 3 is 2.86 bits per heavy atom. The number of rotatable bonds is 1. The molecule has 0 atom stereocenters. The van der Waals surface area contributed by atoms with Crippen LogP contribution in [0.2, 0.25) is 5.02 Å². The summed E-state index contributed by atoms with van der Waals surface area (Å²) in [5, 5.41) is 22.1. The molecule has 0 aliphatic carbocycles. The second-order valence-corrected chi connectivity index (χ2v) is 4.02. The Kier molecular flexibility index (Phi) is 2.05. The summed E-state index contributed by atoms with van der Waals surface area (Å²) in [5.41, 5.74) is -0.0841. The van der Waals surface area contributed by atoms with Gasteiger partial charge in [0.05, 0.1) is 10.3 Å². The minimum atomic E-state index is -0.521. The molecule has 0 fully saturated rings. The number of aromatic hydroxyl groups is 1. The quantitative estimate of drug-likeness (QED) is 0.603. The third-order valence-electron chi connectivity index (χ3n) is 1.80. The van der Waals surface area contributed by atoms with Crippen molar-refractivity contribution >= 4 is 38.7 Å². The van der Waals surface area contributed by atoms with Gasteiger partial charge in [-0.05, 0) is 12.1 Å². The van der Waals surface area contributed by atoms with Crippen LogP contribution in [0.15, 0.2) is 17.5 Å². The third-order valence-corrected chi connectivity index (χ3v) is 2.93. The summed E-state index contributed by atoms with van der Waals surface area (Å²) in [7, 11) is 0. The summed E-state index contributed by atoms with van der Waals surface area (Å²) in [6.07, 6.45) is 0. The average Bonchev–Trinajstić information content (AvgIpc) is 2.47. The molecule has 0 bridgehead atoms. The van der Waals surface area contributed by atoms with E-state index in [4.69, 9.17) is 11.6 Å². The van der Waals surface area contributed by atoms with Crippen LogP contribution < -0.4 is 0 Å². The van der Waals surface area contributed by atoms with Crippen LogP contribution in [0.4, 0.5) is 5.69 Å². The van der Waals surface area contributed by atoms with Crippen LogP contribution in [-0.2, 0) is 0 Å². The van der Waals surface area contributed by atoms with E-state index < -0.39 is 4.92 Å². The lowest BCUT2D eigenvalue weighted by Gasteiger charge is -1.95. The Labute approximate surface area is 87.5 Å². The van der Waals surface area contributed by atoms with Crippen LogP contribution in [0.5, 0.6) is 5.75 Å². The summed E-state index contributed by atoms with van der Waals surface area (Å²) >= 11 is 6.87. The standard InChI is InChI=1S/C8H4ClNO3S/c9-4-1-6(11)8-5(10(12)13)3-14-7(8)2-4/h1-3,11H. The summed E-state index contributed by atoms with van der Waals surface area (Å²) < 4.78 is 0.613. The Balaban J connectivity index is 2.85. The second kappa shape index (κ2) is 3.11. The molecule has 0 spiro atoms. The van der Waals surface area contributed by atoms with E-state index in [0.29, 0.717) is 9.72 Å². The SMILES string of the molecule is O=[N+]([O-])c1csc2cc(Cl)cc(O)c12. The van der Waals surface area contributed by atoms with E-state index >= 15 is 0 Å². The van der Waals surface area contributed by atoms with Crippen molar-refractivity contribution in [2.24, 2.45) is 0 Å². The first-order valence-electron chi connectivity index (χ1n) is 3.63. The maximum absolute atomic E-state index is 10.6. The van der Waals surface area contributed by atoms with Gasteiger partial charge in [-0.15, -0.1) is 11.3 Å². The van der Waals surface area contributed by atoms with Crippen molar-refractivity contribution < 1.29 is 10.0 Å². The monoisotopic (exact) mass is 229 g/mol. The molecule has 1 N–H and O–H groups in total. The molecule has 2 rings (SSSR count). The highest BCUT2D eigenvalue weighted by Crippen LogP contribution is 2.39. The maximum atomic E-state index is 10.6. The number of benzene rings is 1. The van der Waals surface area contributed by atoms with E-state index in [1.165, 1.54) is 22.8 Å².